The highest BCUT2D eigenvalue weighted by Gasteiger charge is 2.12. The van der Waals surface area contributed by atoms with Gasteiger partial charge in [0.05, 0.1) is 10.0 Å². The Kier molecular flexibility index (Phi) is 8.67. The molecule has 1 aliphatic heterocycles. The minimum absolute atomic E-state index is 0.254. The van der Waals surface area contributed by atoms with Gasteiger partial charge in [0.15, 0.2) is 0 Å². The molecule has 0 amide bonds. The van der Waals surface area contributed by atoms with Crippen molar-refractivity contribution in [2.24, 2.45) is 0 Å². The average Bonchev–Trinajstić information content (AvgIpc) is 2.83. The fourth-order valence-corrected chi connectivity index (χ4v) is 3.85. The first-order valence-corrected chi connectivity index (χ1v) is 10.9. The smallest absolute Gasteiger partial charge is 0.128 e. The number of nitrogen functional groups attached to an aromatic ring is 1. The fraction of sp³-hybridized carbons (Fsp3) is 0.261. The first-order valence-electron chi connectivity index (χ1n) is 10.1. The van der Waals surface area contributed by atoms with E-state index in [1.165, 1.54) is 0 Å². The molecule has 7 nitrogen and oxygen atoms in total. The van der Waals surface area contributed by atoms with E-state index in [2.05, 4.69) is 39.0 Å². The molecule has 4 N–H and O–H groups in total. The van der Waals surface area contributed by atoms with Crippen molar-refractivity contribution in [2.45, 2.75) is 13.0 Å². The molecule has 1 aliphatic rings. The molecule has 0 spiro atoms. The van der Waals surface area contributed by atoms with Gasteiger partial charge in [0.2, 0.25) is 0 Å². The number of anilines is 2. The van der Waals surface area contributed by atoms with Crippen LogP contribution in [0.4, 0.5) is 11.5 Å². The normalized spacial score (nSPS) is 13.2. The lowest BCUT2D eigenvalue weighted by Gasteiger charge is -2.28. The number of hydrogen-bond donors (Lipinski definition) is 3. The molecule has 4 rings (SSSR count). The van der Waals surface area contributed by atoms with Crippen LogP contribution in [0.5, 0.6) is 5.75 Å². The number of nitrogens with two attached hydrogens (primary N) is 1. The summed E-state index contributed by atoms with van der Waals surface area (Å²) in [5, 5.41) is 9.81. The molecule has 0 bridgehead atoms. The van der Waals surface area contributed by atoms with Gasteiger partial charge in [-0.2, -0.15) is 0 Å². The molecule has 0 unspecified atom stereocenters. The van der Waals surface area contributed by atoms with Gasteiger partial charge in [0.1, 0.15) is 18.2 Å². The zero-order valence-corrected chi connectivity index (χ0v) is 19.2. The Labute approximate surface area is 198 Å². The minimum Gasteiger partial charge on any atom is -0.489 e. The van der Waals surface area contributed by atoms with Gasteiger partial charge in [-0.15, -0.1) is 0 Å². The predicted molar refractivity (Wildman–Crippen MR) is 131 cm³/mol. The van der Waals surface area contributed by atoms with Crippen LogP contribution in [0.25, 0.3) is 0 Å². The summed E-state index contributed by atoms with van der Waals surface area (Å²) in [6.07, 6.45) is 5.70. The molecule has 3 heterocycles. The molecule has 0 aliphatic carbocycles. The second-order valence-electron chi connectivity index (χ2n) is 7.17. The largest absolute Gasteiger partial charge is 0.489 e. The van der Waals surface area contributed by atoms with Gasteiger partial charge in [-0.3, -0.25) is 4.98 Å². The molecule has 168 valence electrons. The van der Waals surface area contributed by atoms with E-state index < -0.39 is 0 Å². The topological polar surface area (TPSA) is 100 Å². The van der Waals surface area contributed by atoms with Gasteiger partial charge in [0, 0.05) is 62.4 Å². The predicted octanol–water partition coefficient (Wildman–Crippen LogP) is 4.21. The van der Waals surface area contributed by atoms with Crippen molar-refractivity contribution in [1.29, 1.82) is 5.41 Å². The van der Waals surface area contributed by atoms with E-state index in [4.69, 9.17) is 39.1 Å². The number of halogens is 2. The Balaban J connectivity index is 0.00000141. The standard InChI is InChI=1S/C22H23Cl2N5O.CH3N/c23-19-12-27-13-20(24)18(19)14-30-17-2-3-21(25)16(10-17)9-15-1-4-22(28-11-15)29-7-5-26-6-8-29;1-2/h1-4,10-13,26H,5-9,14,25H2;2H,1H2. The summed E-state index contributed by atoms with van der Waals surface area (Å²) in [6.45, 7) is 6.68. The number of nitrogens with one attached hydrogen (secondary N) is 2. The molecule has 0 saturated carbocycles. The molecule has 1 saturated heterocycles. The van der Waals surface area contributed by atoms with Crippen molar-refractivity contribution in [3.63, 3.8) is 0 Å². The Morgan fingerprint density at radius 3 is 2.44 bits per heavy atom. The van der Waals surface area contributed by atoms with E-state index in [0.29, 0.717) is 33.5 Å². The number of hydrogen-bond acceptors (Lipinski definition) is 7. The third-order valence-electron chi connectivity index (χ3n) is 5.09. The van der Waals surface area contributed by atoms with Gasteiger partial charge in [-0.1, -0.05) is 29.3 Å². The zero-order chi connectivity index (χ0) is 22.9. The highest BCUT2D eigenvalue weighted by molar-refractivity contribution is 6.35. The van der Waals surface area contributed by atoms with Crippen molar-refractivity contribution in [3.8, 4) is 5.75 Å². The van der Waals surface area contributed by atoms with Crippen LogP contribution < -0.4 is 20.7 Å². The van der Waals surface area contributed by atoms with Gasteiger partial charge in [0.25, 0.3) is 0 Å². The van der Waals surface area contributed by atoms with Crippen molar-refractivity contribution in [2.75, 3.05) is 36.8 Å². The van der Waals surface area contributed by atoms with Crippen LogP contribution >= 0.6 is 23.2 Å². The van der Waals surface area contributed by atoms with Gasteiger partial charge < -0.3 is 26.1 Å². The summed E-state index contributed by atoms with van der Waals surface area (Å²) in [5.74, 6) is 1.71. The lowest BCUT2D eigenvalue weighted by atomic mass is 10.0. The zero-order valence-electron chi connectivity index (χ0n) is 17.7. The lowest BCUT2D eigenvalue weighted by Crippen LogP contribution is -2.43. The summed E-state index contributed by atoms with van der Waals surface area (Å²) in [5.41, 5.74) is 9.70. The quantitative estimate of drug-likeness (QED) is 0.366. The van der Waals surface area contributed by atoms with Crippen LogP contribution in [0.1, 0.15) is 16.7 Å². The van der Waals surface area contributed by atoms with Crippen molar-refractivity contribution < 1.29 is 4.74 Å². The molecule has 32 heavy (non-hydrogen) atoms. The molecule has 0 atom stereocenters. The number of benzene rings is 1. The molecule has 9 heteroatoms. The summed E-state index contributed by atoms with van der Waals surface area (Å²) in [7, 11) is 0. The molecule has 2 aromatic heterocycles. The minimum atomic E-state index is 0.254. The second kappa shape index (κ2) is 11.7. The number of rotatable bonds is 6. The molecule has 1 fully saturated rings. The first kappa shape index (κ1) is 23.8. The number of aromatic nitrogens is 2. The number of ether oxygens (including phenoxy) is 1. The molecule has 3 aromatic rings. The van der Waals surface area contributed by atoms with Crippen LogP contribution in [0.3, 0.4) is 0 Å². The van der Waals surface area contributed by atoms with Gasteiger partial charge in [-0.25, -0.2) is 4.98 Å². The van der Waals surface area contributed by atoms with E-state index in [0.717, 1.165) is 43.1 Å². The summed E-state index contributed by atoms with van der Waals surface area (Å²) < 4.78 is 5.91. The maximum Gasteiger partial charge on any atom is 0.128 e. The van der Waals surface area contributed by atoms with Crippen LogP contribution in [-0.2, 0) is 13.0 Å². The molecular formula is C23H26Cl2N6O. The number of nitrogens with zero attached hydrogens (tertiary/aromatic N) is 3. The van der Waals surface area contributed by atoms with Gasteiger partial charge >= 0.3 is 0 Å². The van der Waals surface area contributed by atoms with E-state index in [-0.39, 0.29) is 6.61 Å². The van der Waals surface area contributed by atoms with Crippen molar-refractivity contribution in [1.82, 2.24) is 15.3 Å². The van der Waals surface area contributed by atoms with Crippen molar-refractivity contribution in [3.05, 3.63) is 75.7 Å². The van der Waals surface area contributed by atoms with Crippen LogP contribution in [0.2, 0.25) is 10.0 Å². The fourth-order valence-electron chi connectivity index (χ4n) is 3.38. The van der Waals surface area contributed by atoms with Gasteiger partial charge in [-0.05, 0) is 42.1 Å². The molecule has 0 radical (unpaired) electrons. The maximum atomic E-state index is 6.20. The monoisotopic (exact) mass is 472 g/mol. The van der Waals surface area contributed by atoms with Crippen molar-refractivity contribution >= 4 is 41.4 Å². The second-order valence-corrected chi connectivity index (χ2v) is 7.98. The van der Waals surface area contributed by atoms with E-state index in [1.54, 1.807) is 12.4 Å². The Morgan fingerprint density at radius 2 is 1.78 bits per heavy atom. The average molecular weight is 473 g/mol. The SMILES string of the molecule is C=N.Nc1ccc(OCc2c(Cl)cncc2Cl)cc1Cc1ccc(N2CCNCC2)nc1. The van der Waals surface area contributed by atoms with E-state index in [1.807, 2.05) is 24.4 Å². The summed E-state index contributed by atoms with van der Waals surface area (Å²) >= 11 is 12.3. The molecular weight excluding hydrogens is 447 g/mol. The Hall–Kier alpha value is -2.87. The maximum absolute atomic E-state index is 6.20. The summed E-state index contributed by atoms with van der Waals surface area (Å²) in [4.78, 5) is 10.9. The summed E-state index contributed by atoms with van der Waals surface area (Å²) in [6, 6.07) is 9.82. The van der Waals surface area contributed by atoms with Crippen LogP contribution in [-0.4, -0.2) is 42.9 Å². The Bertz CT molecular complexity index is 1010. The number of pyridine rings is 2. The number of piperazine rings is 1. The molecule has 1 aromatic carbocycles. The Morgan fingerprint density at radius 1 is 1.06 bits per heavy atom. The lowest BCUT2D eigenvalue weighted by molar-refractivity contribution is 0.306. The van der Waals surface area contributed by atoms with E-state index >= 15 is 0 Å². The van der Waals surface area contributed by atoms with Crippen LogP contribution in [0, 0.1) is 5.41 Å². The van der Waals surface area contributed by atoms with Crippen LogP contribution in [0.15, 0.2) is 48.9 Å². The third-order valence-corrected chi connectivity index (χ3v) is 5.75. The highest BCUT2D eigenvalue weighted by atomic mass is 35.5. The highest BCUT2D eigenvalue weighted by Crippen LogP contribution is 2.27. The first-order chi connectivity index (χ1) is 15.6. The third kappa shape index (κ3) is 6.09. The van der Waals surface area contributed by atoms with E-state index in [9.17, 15) is 0 Å².